The summed E-state index contributed by atoms with van der Waals surface area (Å²) in [7, 11) is 1.82. The van der Waals surface area contributed by atoms with Crippen molar-refractivity contribution in [2.75, 3.05) is 0 Å². The zero-order valence-corrected chi connectivity index (χ0v) is 10.6. The molecule has 1 heterocycles. The molecule has 0 amide bonds. The Balaban J connectivity index is 2.13. The van der Waals surface area contributed by atoms with Gasteiger partial charge in [0.1, 0.15) is 5.82 Å². The molecule has 0 bridgehead atoms. The molecule has 1 aromatic heterocycles. The van der Waals surface area contributed by atoms with E-state index in [1.165, 1.54) is 12.1 Å². The molecule has 0 aliphatic heterocycles. The predicted molar refractivity (Wildman–Crippen MR) is 67.6 cm³/mol. The molecule has 1 N–H and O–H groups in total. The highest BCUT2D eigenvalue weighted by atomic mass is 19.1. The summed E-state index contributed by atoms with van der Waals surface area (Å²) in [5.41, 5.74) is 2.66. The van der Waals surface area contributed by atoms with Crippen LogP contribution < -0.4 is 0 Å². The number of aliphatic hydroxyl groups excluding tert-OH is 1. The number of rotatable bonds is 4. The lowest BCUT2D eigenvalue weighted by Gasteiger charge is -2.10. The molecule has 0 aliphatic rings. The SMILES string of the molecule is CCc1cc(C(O)Cc2ccc(F)cc2)n(C)n1. The largest absolute Gasteiger partial charge is 0.386 e. The van der Waals surface area contributed by atoms with Crippen LogP contribution in [0.5, 0.6) is 0 Å². The van der Waals surface area contributed by atoms with Gasteiger partial charge in [-0.2, -0.15) is 5.10 Å². The van der Waals surface area contributed by atoms with Crippen LogP contribution in [0.3, 0.4) is 0 Å². The second-order valence-corrected chi connectivity index (χ2v) is 4.38. The van der Waals surface area contributed by atoms with E-state index >= 15 is 0 Å². The van der Waals surface area contributed by atoms with Crippen LogP contribution in [0.25, 0.3) is 0 Å². The van der Waals surface area contributed by atoms with Gasteiger partial charge >= 0.3 is 0 Å². The third kappa shape index (κ3) is 2.76. The fraction of sp³-hybridized carbons (Fsp3) is 0.357. The molecular formula is C14H17FN2O. The molecule has 2 aromatic rings. The fourth-order valence-electron chi connectivity index (χ4n) is 1.98. The molecule has 1 unspecified atom stereocenters. The van der Waals surface area contributed by atoms with Crippen molar-refractivity contribution in [1.29, 1.82) is 0 Å². The number of benzene rings is 1. The summed E-state index contributed by atoms with van der Waals surface area (Å²) < 4.78 is 14.5. The minimum atomic E-state index is -0.617. The third-order valence-corrected chi connectivity index (χ3v) is 3.01. The number of aromatic nitrogens is 2. The average Bonchev–Trinajstić information content (AvgIpc) is 2.73. The summed E-state index contributed by atoms with van der Waals surface area (Å²) in [5.74, 6) is -0.262. The summed E-state index contributed by atoms with van der Waals surface area (Å²) in [6.07, 6.45) is 0.688. The van der Waals surface area contributed by atoms with Crippen LogP contribution in [0.4, 0.5) is 4.39 Å². The molecule has 96 valence electrons. The molecule has 4 heteroatoms. The van der Waals surface area contributed by atoms with E-state index in [2.05, 4.69) is 5.10 Å². The molecule has 0 aliphatic carbocycles. The van der Waals surface area contributed by atoms with Gasteiger partial charge in [-0.05, 0) is 30.2 Å². The quantitative estimate of drug-likeness (QED) is 0.902. The maximum absolute atomic E-state index is 12.8. The van der Waals surface area contributed by atoms with Crippen molar-refractivity contribution in [1.82, 2.24) is 9.78 Å². The van der Waals surface area contributed by atoms with Gasteiger partial charge in [0.25, 0.3) is 0 Å². The highest BCUT2D eigenvalue weighted by molar-refractivity contribution is 5.20. The fourth-order valence-corrected chi connectivity index (χ4v) is 1.98. The van der Waals surface area contributed by atoms with E-state index in [-0.39, 0.29) is 5.82 Å². The standard InChI is InChI=1S/C14H17FN2O/c1-3-12-9-13(17(2)16-12)14(18)8-10-4-6-11(15)7-5-10/h4-7,9,14,18H,3,8H2,1-2H3. The molecule has 0 fully saturated rings. The topological polar surface area (TPSA) is 38.0 Å². The van der Waals surface area contributed by atoms with E-state index in [0.29, 0.717) is 6.42 Å². The van der Waals surface area contributed by atoms with Gasteiger partial charge in [-0.3, -0.25) is 4.68 Å². The third-order valence-electron chi connectivity index (χ3n) is 3.01. The van der Waals surface area contributed by atoms with Crippen molar-refractivity contribution in [2.45, 2.75) is 25.9 Å². The zero-order chi connectivity index (χ0) is 13.1. The van der Waals surface area contributed by atoms with Crippen molar-refractivity contribution in [3.05, 3.63) is 53.1 Å². The highest BCUT2D eigenvalue weighted by Gasteiger charge is 2.14. The summed E-state index contributed by atoms with van der Waals surface area (Å²) >= 11 is 0. The lowest BCUT2D eigenvalue weighted by molar-refractivity contribution is 0.168. The van der Waals surface area contributed by atoms with Crippen molar-refractivity contribution in [3.63, 3.8) is 0 Å². The van der Waals surface area contributed by atoms with Gasteiger partial charge in [0.05, 0.1) is 17.5 Å². The first kappa shape index (κ1) is 12.8. The van der Waals surface area contributed by atoms with E-state index < -0.39 is 6.10 Å². The second kappa shape index (κ2) is 5.31. The number of hydrogen-bond acceptors (Lipinski definition) is 2. The van der Waals surface area contributed by atoms with E-state index in [4.69, 9.17) is 0 Å². The van der Waals surface area contributed by atoms with E-state index in [1.54, 1.807) is 16.8 Å². The number of aryl methyl sites for hydroxylation is 2. The molecule has 0 saturated heterocycles. The van der Waals surface area contributed by atoms with Gasteiger partial charge in [-0.1, -0.05) is 19.1 Å². The smallest absolute Gasteiger partial charge is 0.123 e. The number of nitrogens with zero attached hydrogens (tertiary/aromatic N) is 2. The zero-order valence-electron chi connectivity index (χ0n) is 10.6. The van der Waals surface area contributed by atoms with Gasteiger partial charge in [0, 0.05) is 13.5 Å². The minimum absolute atomic E-state index is 0.262. The van der Waals surface area contributed by atoms with Crippen molar-refractivity contribution in [3.8, 4) is 0 Å². The summed E-state index contributed by atoms with van der Waals surface area (Å²) in [6, 6.07) is 8.10. The van der Waals surface area contributed by atoms with Crippen LogP contribution >= 0.6 is 0 Å². The normalized spacial score (nSPS) is 12.7. The molecule has 3 nitrogen and oxygen atoms in total. The Bertz CT molecular complexity index is 519. The Morgan fingerprint density at radius 2 is 2.00 bits per heavy atom. The van der Waals surface area contributed by atoms with Gasteiger partial charge in [-0.15, -0.1) is 0 Å². The molecule has 1 atom stereocenters. The van der Waals surface area contributed by atoms with Crippen LogP contribution in [-0.4, -0.2) is 14.9 Å². The molecule has 0 radical (unpaired) electrons. The lowest BCUT2D eigenvalue weighted by atomic mass is 10.1. The molecular weight excluding hydrogens is 231 g/mol. The van der Waals surface area contributed by atoms with E-state index in [9.17, 15) is 9.50 Å². The maximum Gasteiger partial charge on any atom is 0.123 e. The average molecular weight is 248 g/mol. The van der Waals surface area contributed by atoms with E-state index in [1.807, 2.05) is 20.0 Å². The Labute approximate surface area is 106 Å². The van der Waals surface area contributed by atoms with Crippen LogP contribution in [-0.2, 0) is 19.9 Å². The summed E-state index contributed by atoms with van der Waals surface area (Å²) in [4.78, 5) is 0. The molecule has 1 aromatic carbocycles. The van der Waals surface area contributed by atoms with Gasteiger partial charge in [0.15, 0.2) is 0 Å². The first-order valence-corrected chi connectivity index (χ1v) is 6.05. The summed E-state index contributed by atoms with van der Waals surface area (Å²) in [5, 5.41) is 14.5. The Hall–Kier alpha value is -1.68. The number of halogens is 1. The number of aliphatic hydroxyl groups is 1. The van der Waals surface area contributed by atoms with Crippen LogP contribution in [0.2, 0.25) is 0 Å². The predicted octanol–water partition coefficient (Wildman–Crippen LogP) is 2.40. The molecule has 2 rings (SSSR count). The molecule has 18 heavy (non-hydrogen) atoms. The lowest BCUT2D eigenvalue weighted by Crippen LogP contribution is -2.07. The second-order valence-electron chi connectivity index (χ2n) is 4.38. The first-order valence-electron chi connectivity index (χ1n) is 6.05. The van der Waals surface area contributed by atoms with Gasteiger partial charge in [-0.25, -0.2) is 4.39 Å². The van der Waals surface area contributed by atoms with Crippen LogP contribution in [0, 0.1) is 5.82 Å². The molecule has 0 spiro atoms. The summed E-state index contributed by atoms with van der Waals surface area (Å²) in [6.45, 7) is 2.03. The van der Waals surface area contributed by atoms with Crippen molar-refractivity contribution in [2.24, 2.45) is 7.05 Å². The van der Waals surface area contributed by atoms with E-state index in [0.717, 1.165) is 23.4 Å². The van der Waals surface area contributed by atoms with Gasteiger partial charge in [0.2, 0.25) is 0 Å². The Morgan fingerprint density at radius 1 is 1.33 bits per heavy atom. The Morgan fingerprint density at radius 3 is 2.56 bits per heavy atom. The molecule has 0 saturated carbocycles. The number of hydrogen-bond donors (Lipinski definition) is 1. The Kier molecular flexibility index (Phi) is 3.77. The minimum Gasteiger partial charge on any atom is -0.386 e. The van der Waals surface area contributed by atoms with Crippen molar-refractivity contribution < 1.29 is 9.50 Å². The van der Waals surface area contributed by atoms with Gasteiger partial charge < -0.3 is 5.11 Å². The van der Waals surface area contributed by atoms with Crippen LogP contribution in [0.1, 0.15) is 30.0 Å². The van der Waals surface area contributed by atoms with Crippen LogP contribution in [0.15, 0.2) is 30.3 Å². The maximum atomic E-state index is 12.8. The monoisotopic (exact) mass is 248 g/mol. The first-order chi connectivity index (χ1) is 8.60. The highest BCUT2D eigenvalue weighted by Crippen LogP contribution is 2.19. The van der Waals surface area contributed by atoms with Crippen molar-refractivity contribution >= 4 is 0 Å².